The van der Waals surface area contributed by atoms with E-state index in [1.807, 2.05) is 86.6 Å². The first-order valence-corrected chi connectivity index (χ1v) is 18.1. The van der Waals surface area contributed by atoms with Gasteiger partial charge in [0.25, 0.3) is 0 Å². The van der Waals surface area contributed by atoms with Crippen molar-refractivity contribution in [1.29, 1.82) is 0 Å². The molecule has 0 radical (unpaired) electrons. The fraction of sp³-hybridized carbons (Fsp3) is 0.111. The van der Waals surface area contributed by atoms with Gasteiger partial charge >= 0.3 is 24.2 Å². The Balaban J connectivity index is 1.03. The molecule has 57 heavy (non-hydrogen) atoms. The maximum absolute atomic E-state index is 12.9. The van der Waals surface area contributed by atoms with Crippen LogP contribution in [0, 0.1) is 13.8 Å². The van der Waals surface area contributed by atoms with Crippen LogP contribution in [0.25, 0.3) is 0 Å². The molecule has 0 unspecified atom stereocenters. The predicted molar refractivity (Wildman–Crippen MR) is 225 cm³/mol. The number of hydrogen-bond acceptors (Lipinski definition) is 6. The maximum Gasteiger partial charge on any atom is 0.417 e. The van der Waals surface area contributed by atoms with Crippen LogP contribution in [0.3, 0.4) is 0 Å². The van der Waals surface area contributed by atoms with Crippen LogP contribution < -0.4 is 41.4 Å². The average Bonchev–Trinajstić information content (AvgIpc) is 3.18. The first kappa shape index (κ1) is 39.1. The van der Waals surface area contributed by atoms with E-state index in [2.05, 4.69) is 45.7 Å². The highest BCUT2D eigenvalue weighted by atomic mass is 16.6. The summed E-state index contributed by atoms with van der Waals surface area (Å²) in [5.41, 5.74) is 6.04. The highest BCUT2D eigenvalue weighted by Crippen LogP contribution is 2.34. The second-order valence-corrected chi connectivity index (χ2v) is 13.7. The SMILES string of the molecule is Cc1ccc(NC(=O)Oc2ccc(C(C)(C)c3ccc(OC(=O)Nc4ccc(C)cc4NC(=O)Nc4ccccc4)cc3)cc2)c(NC(=O)Nc2ccccc2)c1. The Morgan fingerprint density at radius 1 is 0.421 bits per heavy atom. The molecular weight excluding hydrogens is 721 g/mol. The van der Waals surface area contributed by atoms with Crippen LogP contribution in [-0.4, -0.2) is 24.2 Å². The van der Waals surface area contributed by atoms with E-state index >= 15 is 0 Å². The van der Waals surface area contributed by atoms with Crippen LogP contribution in [0.4, 0.5) is 53.3 Å². The summed E-state index contributed by atoms with van der Waals surface area (Å²) in [4.78, 5) is 51.1. The van der Waals surface area contributed by atoms with Gasteiger partial charge < -0.3 is 30.7 Å². The number of aryl methyl sites for hydroxylation is 2. The number of hydrogen-bond donors (Lipinski definition) is 6. The molecule has 6 aromatic rings. The van der Waals surface area contributed by atoms with Gasteiger partial charge in [-0.05, 0) is 109 Å². The molecule has 6 N–H and O–H groups in total. The van der Waals surface area contributed by atoms with E-state index in [1.54, 1.807) is 72.8 Å². The molecular formula is C45H42N6O6. The Morgan fingerprint density at radius 3 is 1.16 bits per heavy atom. The van der Waals surface area contributed by atoms with Crippen molar-refractivity contribution in [2.75, 3.05) is 31.9 Å². The fourth-order valence-corrected chi connectivity index (χ4v) is 5.88. The zero-order valence-corrected chi connectivity index (χ0v) is 31.8. The van der Waals surface area contributed by atoms with Gasteiger partial charge in [0.2, 0.25) is 0 Å². The lowest BCUT2D eigenvalue weighted by Gasteiger charge is -2.26. The minimum Gasteiger partial charge on any atom is -0.410 e. The van der Waals surface area contributed by atoms with E-state index in [0.717, 1.165) is 22.3 Å². The maximum atomic E-state index is 12.9. The van der Waals surface area contributed by atoms with Gasteiger partial charge in [-0.2, -0.15) is 0 Å². The Labute approximate surface area is 330 Å². The molecule has 6 rings (SSSR count). The molecule has 0 heterocycles. The van der Waals surface area contributed by atoms with Crippen LogP contribution in [0.1, 0.15) is 36.1 Å². The molecule has 0 saturated heterocycles. The molecule has 0 aromatic heterocycles. The van der Waals surface area contributed by atoms with Crippen LogP contribution in [0.2, 0.25) is 0 Å². The number of ether oxygens (including phenoxy) is 2. The van der Waals surface area contributed by atoms with E-state index in [-0.39, 0.29) is 0 Å². The van der Waals surface area contributed by atoms with Crippen molar-refractivity contribution in [3.8, 4) is 11.5 Å². The number of amides is 6. The van der Waals surface area contributed by atoms with Gasteiger partial charge in [-0.15, -0.1) is 0 Å². The summed E-state index contributed by atoms with van der Waals surface area (Å²) in [5.74, 6) is 0.656. The molecule has 6 aromatic carbocycles. The standard InChI is InChI=1S/C45H42N6O6/c1-29-15-25-37(39(27-29)48-41(52)46-33-11-7-5-8-12-33)50-43(54)56-35-21-17-31(18-22-35)45(3,4)32-19-23-36(24-20-32)57-44(55)51-38-26-16-30(2)28-40(38)49-42(53)47-34-13-9-6-10-14-34/h5-28H,1-4H3,(H,50,54)(H,51,55)(H2,46,48,52)(H2,47,49,53). The van der Waals surface area contributed by atoms with Crippen LogP contribution in [-0.2, 0) is 5.41 Å². The van der Waals surface area contributed by atoms with Gasteiger partial charge in [0.05, 0.1) is 22.7 Å². The highest BCUT2D eigenvalue weighted by molar-refractivity contribution is 6.04. The van der Waals surface area contributed by atoms with Crippen molar-refractivity contribution in [2.24, 2.45) is 0 Å². The van der Waals surface area contributed by atoms with Gasteiger partial charge in [-0.1, -0.05) is 86.6 Å². The smallest absolute Gasteiger partial charge is 0.410 e. The van der Waals surface area contributed by atoms with Gasteiger partial charge in [-0.25, -0.2) is 19.2 Å². The third-order valence-electron chi connectivity index (χ3n) is 8.96. The van der Waals surface area contributed by atoms with Crippen molar-refractivity contribution in [1.82, 2.24) is 0 Å². The van der Waals surface area contributed by atoms with Crippen molar-refractivity contribution >= 4 is 58.4 Å². The number of carbonyl (C=O) groups is 4. The Morgan fingerprint density at radius 2 is 0.789 bits per heavy atom. The van der Waals surface area contributed by atoms with Crippen LogP contribution in [0.5, 0.6) is 11.5 Å². The Kier molecular flexibility index (Phi) is 12.1. The number of nitrogens with one attached hydrogen (secondary N) is 6. The topological polar surface area (TPSA) is 159 Å². The third kappa shape index (κ3) is 10.8. The van der Waals surface area contributed by atoms with E-state index < -0.39 is 29.7 Å². The van der Waals surface area contributed by atoms with Crippen molar-refractivity contribution in [3.05, 3.63) is 168 Å². The van der Waals surface area contributed by atoms with Gasteiger partial charge in [0, 0.05) is 16.8 Å². The molecule has 0 atom stereocenters. The largest absolute Gasteiger partial charge is 0.417 e. The molecule has 0 aliphatic heterocycles. The average molecular weight is 763 g/mol. The summed E-state index contributed by atoms with van der Waals surface area (Å²) >= 11 is 0. The van der Waals surface area contributed by atoms with E-state index in [1.165, 1.54) is 0 Å². The van der Waals surface area contributed by atoms with E-state index in [0.29, 0.717) is 45.6 Å². The summed E-state index contributed by atoms with van der Waals surface area (Å²) in [7, 11) is 0. The number of anilines is 6. The normalized spacial score (nSPS) is 10.7. The molecule has 12 nitrogen and oxygen atoms in total. The summed E-state index contributed by atoms with van der Waals surface area (Å²) in [6, 6.07) is 42.0. The lowest BCUT2D eigenvalue weighted by molar-refractivity contribution is 0.214. The summed E-state index contributed by atoms with van der Waals surface area (Å²) in [5, 5.41) is 16.5. The zero-order valence-electron chi connectivity index (χ0n) is 31.8. The van der Waals surface area contributed by atoms with Crippen molar-refractivity contribution in [3.63, 3.8) is 0 Å². The zero-order chi connectivity index (χ0) is 40.4. The van der Waals surface area contributed by atoms with Crippen molar-refractivity contribution < 1.29 is 28.7 Å². The van der Waals surface area contributed by atoms with Crippen LogP contribution >= 0.6 is 0 Å². The van der Waals surface area contributed by atoms with Gasteiger partial charge in [0.15, 0.2) is 0 Å². The molecule has 0 spiro atoms. The van der Waals surface area contributed by atoms with Gasteiger partial charge in [-0.3, -0.25) is 10.6 Å². The predicted octanol–water partition coefficient (Wildman–Crippen LogP) is 11.1. The monoisotopic (exact) mass is 762 g/mol. The fourth-order valence-electron chi connectivity index (χ4n) is 5.88. The number of benzene rings is 6. The first-order chi connectivity index (χ1) is 27.4. The molecule has 6 amide bonds. The number of carbonyl (C=O) groups excluding carboxylic acids is 4. The second kappa shape index (κ2) is 17.7. The summed E-state index contributed by atoms with van der Waals surface area (Å²) in [6.07, 6.45) is -1.44. The lowest BCUT2D eigenvalue weighted by atomic mass is 9.78. The van der Waals surface area contributed by atoms with Gasteiger partial charge in [0.1, 0.15) is 11.5 Å². The summed E-state index contributed by atoms with van der Waals surface area (Å²) in [6.45, 7) is 7.87. The second-order valence-electron chi connectivity index (χ2n) is 13.7. The highest BCUT2D eigenvalue weighted by Gasteiger charge is 2.24. The molecule has 0 aliphatic carbocycles. The Hall–Kier alpha value is -7.60. The number of urea groups is 2. The quantitative estimate of drug-likeness (QED) is 0.0815. The van der Waals surface area contributed by atoms with E-state index in [9.17, 15) is 19.2 Å². The molecule has 0 saturated carbocycles. The van der Waals surface area contributed by atoms with E-state index in [4.69, 9.17) is 9.47 Å². The minimum absolute atomic E-state index is 0.328. The summed E-state index contributed by atoms with van der Waals surface area (Å²) < 4.78 is 11.1. The molecule has 12 heteroatoms. The number of rotatable bonds is 10. The number of para-hydroxylation sites is 2. The third-order valence-corrected chi connectivity index (χ3v) is 8.96. The lowest BCUT2D eigenvalue weighted by Crippen LogP contribution is -2.22. The minimum atomic E-state index is -0.722. The van der Waals surface area contributed by atoms with Crippen molar-refractivity contribution in [2.45, 2.75) is 33.1 Å². The van der Waals surface area contributed by atoms with Crippen LogP contribution in [0.15, 0.2) is 146 Å². The molecule has 0 bridgehead atoms. The molecule has 0 aliphatic rings. The molecule has 0 fully saturated rings. The molecule has 288 valence electrons. The Bertz CT molecular complexity index is 2200. The first-order valence-electron chi connectivity index (χ1n) is 18.1.